The molecule has 0 saturated heterocycles. The van der Waals surface area contributed by atoms with Gasteiger partial charge in [-0.15, -0.1) is 0 Å². The summed E-state index contributed by atoms with van der Waals surface area (Å²) in [5, 5.41) is 0. The highest BCUT2D eigenvalue weighted by Gasteiger charge is 2.21. The van der Waals surface area contributed by atoms with Crippen molar-refractivity contribution in [2.24, 2.45) is 0 Å². The standard InChI is InChI=1S/C23H24N2O3S/c1-16-12-17(2)14-20(13-16)24-29(27,28)22-15-19(11-10-18(22)3)23(26)25(4)21-8-6-5-7-9-21/h5-15,24H,1-4H3. The Kier molecular flexibility index (Phi) is 5.75. The van der Waals surface area contributed by atoms with Crippen LogP contribution in [0, 0.1) is 20.8 Å². The van der Waals surface area contributed by atoms with Crippen molar-refractivity contribution in [3.05, 3.63) is 89.0 Å². The molecule has 150 valence electrons. The second kappa shape index (κ2) is 8.09. The number of para-hydroxylation sites is 1. The predicted molar refractivity (Wildman–Crippen MR) is 117 cm³/mol. The van der Waals surface area contributed by atoms with E-state index in [2.05, 4.69) is 4.72 Å². The quantitative estimate of drug-likeness (QED) is 0.666. The molecule has 3 aromatic carbocycles. The molecule has 6 heteroatoms. The average molecular weight is 409 g/mol. The Hall–Kier alpha value is -3.12. The van der Waals surface area contributed by atoms with Crippen molar-refractivity contribution in [1.29, 1.82) is 0 Å². The van der Waals surface area contributed by atoms with E-state index < -0.39 is 10.0 Å². The van der Waals surface area contributed by atoms with E-state index in [0.29, 0.717) is 16.8 Å². The highest BCUT2D eigenvalue weighted by molar-refractivity contribution is 7.92. The van der Waals surface area contributed by atoms with Crippen LogP contribution in [0.15, 0.2) is 71.6 Å². The van der Waals surface area contributed by atoms with Gasteiger partial charge in [-0.25, -0.2) is 8.42 Å². The fourth-order valence-corrected chi connectivity index (χ4v) is 4.54. The van der Waals surface area contributed by atoms with Crippen LogP contribution in [0.25, 0.3) is 0 Å². The zero-order valence-corrected chi connectivity index (χ0v) is 17.7. The van der Waals surface area contributed by atoms with E-state index in [-0.39, 0.29) is 10.8 Å². The Labute approximate surface area is 172 Å². The third-order valence-corrected chi connectivity index (χ3v) is 6.17. The molecule has 0 aliphatic rings. The van der Waals surface area contributed by atoms with Crippen LogP contribution in [-0.4, -0.2) is 21.4 Å². The van der Waals surface area contributed by atoms with Crippen LogP contribution in [0.1, 0.15) is 27.0 Å². The lowest BCUT2D eigenvalue weighted by atomic mass is 10.1. The molecule has 0 fully saturated rings. The fraction of sp³-hybridized carbons (Fsp3) is 0.174. The molecule has 0 unspecified atom stereocenters. The minimum atomic E-state index is -3.84. The first-order valence-corrected chi connectivity index (χ1v) is 10.7. The number of nitrogens with zero attached hydrogens (tertiary/aromatic N) is 1. The Bertz CT molecular complexity index is 1140. The minimum absolute atomic E-state index is 0.0870. The van der Waals surface area contributed by atoms with E-state index in [0.717, 1.165) is 16.8 Å². The number of benzene rings is 3. The van der Waals surface area contributed by atoms with Gasteiger partial charge in [-0.1, -0.05) is 30.3 Å². The third kappa shape index (κ3) is 4.66. The van der Waals surface area contributed by atoms with Crippen molar-refractivity contribution < 1.29 is 13.2 Å². The second-order valence-electron chi connectivity index (χ2n) is 7.16. The van der Waals surface area contributed by atoms with Crippen molar-refractivity contribution in [2.45, 2.75) is 25.7 Å². The molecule has 0 aliphatic heterocycles. The van der Waals surface area contributed by atoms with E-state index in [1.54, 1.807) is 38.2 Å². The first-order chi connectivity index (χ1) is 13.7. The maximum Gasteiger partial charge on any atom is 0.262 e. The summed E-state index contributed by atoms with van der Waals surface area (Å²) >= 11 is 0. The zero-order chi connectivity index (χ0) is 21.2. The van der Waals surface area contributed by atoms with Crippen molar-refractivity contribution in [3.63, 3.8) is 0 Å². The Morgan fingerprint density at radius 1 is 0.862 bits per heavy atom. The van der Waals surface area contributed by atoms with Crippen LogP contribution in [0.5, 0.6) is 0 Å². The van der Waals surface area contributed by atoms with Crippen LogP contribution in [0.4, 0.5) is 11.4 Å². The van der Waals surface area contributed by atoms with Crippen molar-refractivity contribution in [3.8, 4) is 0 Å². The monoisotopic (exact) mass is 408 g/mol. The molecule has 3 rings (SSSR count). The van der Waals surface area contributed by atoms with E-state index in [9.17, 15) is 13.2 Å². The summed E-state index contributed by atoms with van der Waals surface area (Å²) in [6.07, 6.45) is 0. The summed E-state index contributed by atoms with van der Waals surface area (Å²) in [6, 6.07) is 19.5. The molecule has 3 aromatic rings. The minimum Gasteiger partial charge on any atom is -0.311 e. The van der Waals surface area contributed by atoms with E-state index >= 15 is 0 Å². The lowest BCUT2D eigenvalue weighted by molar-refractivity contribution is 0.0993. The maximum absolute atomic E-state index is 13.0. The molecule has 0 aliphatic carbocycles. The maximum atomic E-state index is 13.0. The van der Waals surface area contributed by atoms with Gasteiger partial charge in [-0.3, -0.25) is 9.52 Å². The van der Waals surface area contributed by atoms with Crippen molar-refractivity contribution in [1.82, 2.24) is 0 Å². The molecule has 1 amide bonds. The molecule has 1 N–H and O–H groups in total. The number of anilines is 2. The van der Waals surface area contributed by atoms with Crippen molar-refractivity contribution in [2.75, 3.05) is 16.7 Å². The predicted octanol–water partition coefficient (Wildman–Crippen LogP) is 4.69. The molecule has 0 bridgehead atoms. The Morgan fingerprint density at radius 3 is 2.10 bits per heavy atom. The topological polar surface area (TPSA) is 66.5 Å². The van der Waals surface area contributed by atoms with Gasteiger partial charge in [0.25, 0.3) is 15.9 Å². The number of nitrogens with one attached hydrogen (secondary N) is 1. The van der Waals surface area contributed by atoms with Crippen molar-refractivity contribution >= 4 is 27.3 Å². The largest absolute Gasteiger partial charge is 0.311 e. The number of rotatable bonds is 5. The summed E-state index contributed by atoms with van der Waals surface area (Å²) in [6.45, 7) is 5.54. The average Bonchev–Trinajstić information content (AvgIpc) is 2.66. The number of sulfonamides is 1. The summed E-state index contributed by atoms with van der Waals surface area (Å²) in [4.78, 5) is 14.5. The van der Waals surface area contributed by atoms with E-state index in [1.807, 2.05) is 50.2 Å². The molecular weight excluding hydrogens is 384 g/mol. The first-order valence-electron chi connectivity index (χ1n) is 9.22. The van der Waals surface area contributed by atoms with Crippen LogP contribution in [0.3, 0.4) is 0 Å². The van der Waals surface area contributed by atoms with Gasteiger partial charge >= 0.3 is 0 Å². The number of carbonyl (C=O) groups is 1. The van der Waals surface area contributed by atoms with Gasteiger partial charge in [0.1, 0.15) is 0 Å². The van der Waals surface area contributed by atoms with Gasteiger partial charge in [0.15, 0.2) is 0 Å². The molecule has 0 saturated carbocycles. The highest BCUT2D eigenvalue weighted by atomic mass is 32.2. The highest BCUT2D eigenvalue weighted by Crippen LogP contribution is 2.24. The first kappa shape index (κ1) is 20.6. The number of carbonyl (C=O) groups excluding carboxylic acids is 1. The second-order valence-corrected chi connectivity index (χ2v) is 8.81. The van der Waals surface area contributed by atoms with E-state index in [4.69, 9.17) is 0 Å². The van der Waals surface area contributed by atoms with Crippen LogP contribution < -0.4 is 9.62 Å². The van der Waals surface area contributed by atoms with Crippen LogP contribution in [-0.2, 0) is 10.0 Å². The Morgan fingerprint density at radius 2 is 1.48 bits per heavy atom. The number of aryl methyl sites for hydroxylation is 3. The summed E-state index contributed by atoms with van der Waals surface area (Å²) in [7, 11) is -2.18. The normalized spacial score (nSPS) is 11.2. The molecule has 29 heavy (non-hydrogen) atoms. The zero-order valence-electron chi connectivity index (χ0n) is 16.9. The Balaban J connectivity index is 1.95. The fourth-order valence-electron chi connectivity index (χ4n) is 3.23. The lowest BCUT2D eigenvalue weighted by Crippen LogP contribution is -2.26. The molecular formula is C23H24N2O3S. The number of hydrogen-bond acceptors (Lipinski definition) is 3. The van der Waals surface area contributed by atoms with Gasteiger partial charge < -0.3 is 4.90 Å². The summed E-state index contributed by atoms with van der Waals surface area (Å²) in [5.74, 6) is -0.279. The number of hydrogen-bond donors (Lipinski definition) is 1. The number of amides is 1. The third-order valence-electron chi connectivity index (χ3n) is 4.65. The molecule has 0 aromatic heterocycles. The van der Waals surface area contributed by atoms with Gasteiger partial charge in [-0.05, 0) is 73.9 Å². The van der Waals surface area contributed by atoms with Gasteiger partial charge in [-0.2, -0.15) is 0 Å². The molecule has 0 spiro atoms. The molecule has 5 nitrogen and oxygen atoms in total. The lowest BCUT2D eigenvalue weighted by Gasteiger charge is -2.18. The summed E-state index contributed by atoms with van der Waals surface area (Å²) < 4.78 is 28.7. The van der Waals surface area contributed by atoms with Gasteiger partial charge in [0.2, 0.25) is 0 Å². The summed E-state index contributed by atoms with van der Waals surface area (Å²) in [5.41, 5.74) is 4.04. The van der Waals surface area contributed by atoms with E-state index in [1.165, 1.54) is 11.0 Å². The molecule has 0 atom stereocenters. The van der Waals surface area contributed by atoms with Crippen LogP contribution in [0.2, 0.25) is 0 Å². The van der Waals surface area contributed by atoms with Crippen LogP contribution >= 0.6 is 0 Å². The van der Waals surface area contributed by atoms with Gasteiger partial charge in [0.05, 0.1) is 4.90 Å². The SMILES string of the molecule is Cc1cc(C)cc(NS(=O)(=O)c2cc(C(=O)N(C)c3ccccc3)ccc2C)c1. The van der Waals surface area contributed by atoms with Gasteiger partial charge in [0, 0.05) is 24.0 Å². The molecule has 0 radical (unpaired) electrons. The molecule has 0 heterocycles. The smallest absolute Gasteiger partial charge is 0.262 e.